The number of alkyl halides is 2. The van der Waals surface area contributed by atoms with E-state index < -0.39 is 31.9 Å². The largest absolute Gasteiger partial charge is 0.543 e. The van der Waals surface area contributed by atoms with Crippen molar-refractivity contribution in [3.63, 3.8) is 0 Å². The van der Waals surface area contributed by atoms with E-state index in [1.165, 1.54) is 6.07 Å². The molecular formula is C15H21F3O2Si. The van der Waals surface area contributed by atoms with Gasteiger partial charge < -0.3 is 4.43 Å². The molecule has 2 nitrogen and oxygen atoms in total. The van der Waals surface area contributed by atoms with Crippen LogP contribution in [0.4, 0.5) is 13.2 Å². The molecule has 0 fully saturated rings. The summed E-state index contributed by atoms with van der Waals surface area (Å²) in [5, 5.41) is -0.136. The summed E-state index contributed by atoms with van der Waals surface area (Å²) in [5.41, 5.74) is -1.15. The van der Waals surface area contributed by atoms with Gasteiger partial charge in [-0.15, -0.1) is 0 Å². The number of halogens is 3. The lowest BCUT2D eigenvalue weighted by Crippen LogP contribution is -2.43. The summed E-state index contributed by atoms with van der Waals surface area (Å²) < 4.78 is 45.6. The van der Waals surface area contributed by atoms with E-state index in [1.54, 1.807) is 0 Å². The van der Waals surface area contributed by atoms with Crippen LogP contribution in [-0.4, -0.2) is 14.1 Å². The van der Waals surface area contributed by atoms with Crippen LogP contribution in [0.1, 0.15) is 50.0 Å². The molecule has 0 saturated carbocycles. The molecule has 0 spiro atoms. The van der Waals surface area contributed by atoms with Crippen LogP contribution in [0, 0.1) is 5.82 Å². The van der Waals surface area contributed by atoms with E-state index in [9.17, 15) is 18.0 Å². The van der Waals surface area contributed by atoms with Crippen molar-refractivity contribution in [3.05, 3.63) is 29.1 Å². The highest BCUT2D eigenvalue weighted by molar-refractivity contribution is 6.74. The smallest absolute Gasteiger partial charge is 0.266 e. The fraction of sp³-hybridized carbons (Fsp3) is 0.533. The van der Waals surface area contributed by atoms with Crippen molar-refractivity contribution in [1.29, 1.82) is 0 Å². The Morgan fingerprint density at radius 3 is 2.14 bits per heavy atom. The first-order chi connectivity index (χ1) is 9.36. The summed E-state index contributed by atoms with van der Waals surface area (Å²) >= 11 is 0. The first kappa shape index (κ1) is 17.7. The molecule has 1 aromatic rings. The molecule has 0 heterocycles. The number of ketones is 1. The molecule has 118 valence electrons. The van der Waals surface area contributed by atoms with Gasteiger partial charge in [-0.1, -0.05) is 20.8 Å². The molecule has 0 unspecified atom stereocenters. The van der Waals surface area contributed by atoms with Crippen molar-refractivity contribution in [2.45, 2.75) is 52.3 Å². The van der Waals surface area contributed by atoms with Crippen LogP contribution < -0.4 is 4.43 Å². The first-order valence-electron chi connectivity index (χ1n) is 6.68. The van der Waals surface area contributed by atoms with Gasteiger partial charge in [-0.2, -0.15) is 0 Å². The summed E-state index contributed by atoms with van der Waals surface area (Å²) in [6.07, 6.45) is -2.99. The molecular weight excluding hydrogens is 297 g/mol. The predicted molar refractivity (Wildman–Crippen MR) is 79.2 cm³/mol. The maximum atomic E-state index is 13.9. The number of hydrogen-bond acceptors (Lipinski definition) is 2. The molecule has 0 atom stereocenters. The second kappa shape index (κ2) is 5.83. The minimum atomic E-state index is -2.99. The number of rotatable bonds is 4. The molecule has 0 bridgehead atoms. The zero-order chi connectivity index (χ0) is 16.6. The molecule has 0 aliphatic rings. The van der Waals surface area contributed by atoms with Crippen molar-refractivity contribution >= 4 is 14.1 Å². The van der Waals surface area contributed by atoms with Gasteiger partial charge in [-0.25, -0.2) is 13.2 Å². The molecule has 0 N–H and O–H groups in total. The standard InChI is InChI=1S/C15H21F3O2Si/c1-9(19)11-7-10(8-12(13(11)16)14(17)18)20-21(5,6)15(2,3)4/h7-8,14H,1-6H3. The van der Waals surface area contributed by atoms with Crippen LogP contribution in [0.15, 0.2) is 12.1 Å². The Labute approximate surface area is 124 Å². The van der Waals surface area contributed by atoms with E-state index in [4.69, 9.17) is 4.43 Å². The van der Waals surface area contributed by atoms with Gasteiger partial charge >= 0.3 is 0 Å². The Balaban J connectivity index is 3.35. The normalized spacial score (nSPS) is 12.7. The molecule has 0 saturated heterocycles. The maximum absolute atomic E-state index is 13.9. The number of benzene rings is 1. The van der Waals surface area contributed by atoms with E-state index in [0.29, 0.717) is 0 Å². The summed E-state index contributed by atoms with van der Waals surface area (Å²) in [7, 11) is -2.26. The quantitative estimate of drug-likeness (QED) is 0.552. The molecule has 0 radical (unpaired) electrons. The van der Waals surface area contributed by atoms with Crippen LogP contribution >= 0.6 is 0 Å². The molecule has 1 aromatic carbocycles. The van der Waals surface area contributed by atoms with E-state index in [2.05, 4.69) is 0 Å². The van der Waals surface area contributed by atoms with Crippen molar-refractivity contribution in [2.24, 2.45) is 0 Å². The molecule has 1 rings (SSSR count). The van der Waals surface area contributed by atoms with Gasteiger partial charge in [-0.3, -0.25) is 4.79 Å². The van der Waals surface area contributed by atoms with Crippen LogP contribution in [0.2, 0.25) is 18.1 Å². The summed E-state index contributed by atoms with van der Waals surface area (Å²) in [6, 6.07) is 2.21. The minimum Gasteiger partial charge on any atom is -0.543 e. The second-order valence-corrected chi connectivity index (χ2v) is 11.3. The Bertz CT molecular complexity index is 549. The van der Waals surface area contributed by atoms with Gasteiger partial charge in [0.2, 0.25) is 8.32 Å². The average molecular weight is 318 g/mol. The van der Waals surface area contributed by atoms with Crippen LogP contribution in [0.5, 0.6) is 5.75 Å². The Morgan fingerprint density at radius 2 is 1.76 bits per heavy atom. The number of carbonyl (C=O) groups excluding carboxylic acids is 1. The van der Waals surface area contributed by atoms with E-state index in [-0.39, 0.29) is 16.4 Å². The number of hydrogen-bond donors (Lipinski definition) is 0. The van der Waals surface area contributed by atoms with Crippen LogP contribution in [0.3, 0.4) is 0 Å². The highest BCUT2D eigenvalue weighted by Crippen LogP contribution is 2.38. The molecule has 0 amide bonds. The first-order valence-corrected chi connectivity index (χ1v) is 9.59. The minimum absolute atomic E-state index is 0.128. The van der Waals surface area contributed by atoms with Crippen LogP contribution in [-0.2, 0) is 0 Å². The third kappa shape index (κ3) is 3.87. The Morgan fingerprint density at radius 1 is 1.24 bits per heavy atom. The number of carbonyl (C=O) groups is 1. The molecule has 0 aromatic heterocycles. The third-order valence-electron chi connectivity index (χ3n) is 3.87. The summed E-state index contributed by atoms with van der Waals surface area (Å²) in [6.45, 7) is 11.1. The Kier molecular flexibility index (Phi) is 4.93. The van der Waals surface area contributed by atoms with Crippen LogP contribution in [0.25, 0.3) is 0 Å². The zero-order valence-corrected chi connectivity index (χ0v) is 14.2. The summed E-state index contributed by atoms with van der Waals surface area (Å²) in [5.74, 6) is -1.64. The SMILES string of the molecule is CC(=O)c1cc(O[Si](C)(C)C(C)(C)C)cc(C(F)F)c1F. The average Bonchev–Trinajstić information content (AvgIpc) is 2.28. The van der Waals surface area contributed by atoms with Crippen molar-refractivity contribution in [2.75, 3.05) is 0 Å². The van der Waals surface area contributed by atoms with Gasteiger partial charge in [0.25, 0.3) is 6.43 Å². The zero-order valence-electron chi connectivity index (χ0n) is 13.2. The van der Waals surface area contributed by atoms with Gasteiger partial charge in [0.15, 0.2) is 5.78 Å². The lowest BCUT2D eigenvalue weighted by atomic mass is 10.1. The second-order valence-electron chi connectivity index (χ2n) is 6.59. The number of Topliss-reactive ketones (excluding diaryl/α,β-unsaturated/α-hetero) is 1. The van der Waals surface area contributed by atoms with Crippen molar-refractivity contribution in [3.8, 4) is 5.75 Å². The lowest BCUT2D eigenvalue weighted by molar-refractivity contribution is 0.101. The third-order valence-corrected chi connectivity index (χ3v) is 8.23. The molecule has 6 heteroatoms. The van der Waals surface area contributed by atoms with E-state index >= 15 is 0 Å². The molecule has 0 aliphatic carbocycles. The fourth-order valence-electron chi connectivity index (χ4n) is 1.54. The highest BCUT2D eigenvalue weighted by Gasteiger charge is 2.39. The topological polar surface area (TPSA) is 26.3 Å². The summed E-state index contributed by atoms with van der Waals surface area (Å²) in [4.78, 5) is 11.4. The van der Waals surface area contributed by atoms with Gasteiger partial charge in [0.05, 0.1) is 11.1 Å². The van der Waals surface area contributed by atoms with E-state index in [0.717, 1.165) is 13.0 Å². The van der Waals surface area contributed by atoms with Gasteiger partial charge in [0, 0.05) is 0 Å². The molecule has 0 aliphatic heterocycles. The monoisotopic (exact) mass is 318 g/mol. The fourth-order valence-corrected chi connectivity index (χ4v) is 2.55. The van der Waals surface area contributed by atoms with Crippen molar-refractivity contribution < 1.29 is 22.4 Å². The lowest BCUT2D eigenvalue weighted by Gasteiger charge is -2.36. The predicted octanol–water partition coefficient (Wildman–Crippen LogP) is 5.35. The highest BCUT2D eigenvalue weighted by atomic mass is 28.4. The Hall–Kier alpha value is -1.30. The van der Waals surface area contributed by atoms with Gasteiger partial charge in [0.1, 0.15) is 11.6 Å². The van der Waals surface area contributed by atoms with Gasteiger partial charge in [-0.05, 0) is 37.2 Å². The van der Waals surface area contributed by atoms with Crippen molar-refractivity contribution in [1.82, 2.24) is 0 Å². The van der Waals surface area contributed by atoms with E-state index in [1.807, 2.05) is 33.9 Å². The maximum Gasteiger partial charge on any atom is 0.266 e. The molecule has 21 heavy (non-hydrogen) atoms.